The molecule has 0 fully saturated rings. The van der Waals surface area contributed by atoms with Gasteiger partial charge in [0.25, 0.3) is 0 Å². The Morgan fingerprint density at radius 3 is 2.41 bits per heavy atom. The first-order valence-electron chi connectivity index (χ1n) is 8.44. The third-order valence-electron chi connectivity index (χ3n) is 3.88. The van der Waals surface area contributed by atoms with Crippen molar-refractivity contribution < 1.29 is 14.3 Å². The van der Waals surface area contributed by atoms with Crippen molar-refractivity contribution in [1.29, 1.82) is 0 Å². The van der Waals surface area contributed by atoms with Gasteiger partial charge in [-0.05, 0) is 51.7 Å². The molecular formula is C18H33NO3. The molecule has 0 aliphatic carbocycles. The molecule has 0 rings (SSSR count). The summed E-state index contributed by atoms with van der Waals surface area (Å²) < 4.78 is 5.44. The fourth-order valence-electron chi connectivity index (χ4n) is 2.46. The molecule has 0 saturated heterocycles. The molecule has 2 unspecified atom stereocenters. The van der Waals surface area contributed by atoms with Crippen molar-refractivity contribution in [1.82, 2.24) is 4.90 Å². The van der Waals surface area contributed by atoms with Gasteiger partial charge in [0.15, 0.2) is 0 Å². The summed E-state index contributed by atoms with van der Waals surface area (Å²) in [5.74, 6) is 0.386. The van der Waals surface area contributed by atoms with Gasteiger partial charge in [0.2, 0.25) is 0 Å². The predicted molar refractivity (Wildman–Crippen MR) is 90.7 cm³/mol. The fraction of sp³-hybridized carbons (Fsp3) is 0.778. The molecule has 0 aliphatic rings. The molecule has 0 radical (unpaired) electrons. The van der Waals surface area contributed by atoms with Crippen LogP contribution < -0.4 is 0 Å². The van der Waals surface area contributed by atoms with Crippen molar-refractivity contribution in [2.24, 2.45) is 11.8 Å². The largest absolute Gasteiger partial charge is 0.465 e. The quantitative estimate of drug-likeness (QED) is 0.297. The van der Waals surface area contributed by atoms with Crippen LogP contribution in [0.2, 0.25) is 0 Å². The van der Waals surface area contributed by atoms with Crippen LogP contribution in [0, 0.1) is 11.8 Å². The molecule has 0 aromatic rings. The first-order valence-corrected chi connectivity index (χ1v) is 8.44. The second-order valence-corrected chi connectivity index (χ2v) is 6.04. The molecule has 4 nitrogen and oxygen atoms in total. The Morgan fingerprint density at radius 2 is 1.86 bits per heavy atom. The van der Waals surface area contributed by atoms with Crippen LogP contribution in [-0.2, 0) is 14.3 Å². The highest BCUT2D eigenvalue weighted by Crippen LogP contribution is 2.23. The van der Waals surface area contributed by atoms with Crippen molar-refractivity contribution in [2.45, 2.75) is 52.4 Å². The van der Waals surface area contributed by atoms with Crippen LogP contribution in [0.3, 0.4) is 0 Å². The Kier molecular flexibility index (Phi) is 12.8. The zero-order valence-electron chi connectivity index (χ0n) is 14.7. The summed E-state index contributed by atoms with van der Waals surface area (Å²) >= 11 is 0. The Balaban J connectivity index is 4.33. The van der Waals surface area contributed by atoms with Crippen LogP contribution in [0.5, 0.6) is 0 Å². The Hall–Kier alpha value is -1.16. The van der Waals surface area contributed by atoms with Crippen LogP contribution in [-0.4, -0.2) is 44.4 Å². The van der Waals surface area contributed by atoms with E-state index in [0.717, 1.165) is 38.5 Å². The van der Waals surface area contributed by atoms with Gasteiger partial charge < -0.3 is 14.4 Å². The van der Waals surface area contributed by atoms with Crippen LogP contribution in [0.1, 0.15) is 52.4 Å². The molecule has 0 aromatic carbocycles. The van der Waals surface area contributed by atoms with Gasteiger partial charge in [-0.3, -0.25) is 4.79 Å². The molecule has 0 saturated carbocycles. The van der Waals surface area contributed by atoms with Gasteiger partial charge in [0.05, 0.1) is 6.61 Å². The van der Waals surface area contributed by atoms with E-state index in [1.807, 2.05) is 14.1 Å². The van der Waals surface area contributed by atoms with Gasteiger partial charge in [0.1, 0.15) is 6.29 Å². The second-order valence-electron chi connectivity index (χ2n) is 6.04. The third kappa shape index (κ3) is 10.6. The van der Waals surface area contributed by atoms with Crippen molar-refractivity contribution >= 4 is 12.3 Å². The maximum Gasteiger partial charge on any atom is 0.305 e. The number of carbonyl (C=O) groups is 2. The van der Waals surface area contributed by atoms with Gasteiger partial charge in [-0.1, -0.05) is 32.4 Å². The first-order chi connectivity index (χ1) is 10.5. The molecule has 2 atom stereocenters. The molecule has 0 heterocycles. The molecule has 4 heteroatoms. The highest BCUT2D eigenvalue weighted by Gasteiger charge is 2.20. The Labute approximate surface area is 135 Å². The standard InChI is InChI=1S/C18H33NO3/c1-5-7-8-10-17(16(6-2)12-14-20)15-22-18(21)11-9-13-19(3)4/h7-8,14,16-17H,5-6,9-13,15H2,1-4H3/b8-7-. The van der Waals surface area contributed by atoms with E-state index in [2.05, 4.69) is 30.9 Å². The minimum absolute atomic E-state index is 0.132. The number of esters is 1. The number of aldehydes is 1. The summed E-state index contributed by atoms with van der Waals surface area (Å²) in [5.41, 5.74) is 0. The summed E-state index contributed by atoms with van der Waals surface area (Å²) in [6, 6.07) is 0. The summed E-state index contributed by atoms with van der Waals surface area (Å²) in [6.07, 6.45) is 9.85. The predicted octanol–water partition coefficient (Wildman–Crippen LogP) is 3.46. The van der Waals surface area contributed by atoms with Crippen molar-refractivity contribution in [3.63, 3.8) is 0 Å². The van der Waals surface area contributed by atoms with E-state index in [0.29, 0.717) is 19.4 Å². The normalized spacial score (nSPS) is 14.2. The van der Waals surface area contributed by atoms with E-state index in [4.69, 9.17) is 4.74 Å². The monoisotopic (exact) mass is 311 g/mol. The first kappa shape index (κ1) is 20.8. The molecular weight excluding hydrogens is 278 g/mol. The van der Waals surface area contributed by atoms with Crippen molar-refractivity contribution in [2.75, 3.05) is 27.2 Å². The van der Waals surface area contributed by atoms with Crippen molar-refractivity contribution in [3.05, 3.63) is 12.2 Å². The molecule has 0 spiro atoms. The third-order valence-corrected chi connectivity index (χ3v) is 3.88. The maximum atomic E-state index is 11.8. The molecule has 0 N–H and O–H groups in total. The average molecular weight is 311 g/mol. The summed E-state index contributed by atoms with van der Waals surface area (Å²) in [7, 11) is 3.99. The number of ether oxygens (including phenoxy) is 1. The molecule has 0 aliphatic heterocycles. The van der Waals surface area contributed by atoms with E-state index in [9.17, 15) is 9.59 Å². The van der Waals surface area contributed by atoms with Gasteiger partial charge >= 0.3 is 5.97 Å². The second kappa shape index (κ2) is 13.5. The van der Waals surface area contributed by atoms with Crippen LogP contribution in [0.15, 0.2) is 12.2 Å². The van der Waals surface area contributed by atoms with E-state index >= 15 is 0 Å². The fourth-order valence-corrected chi connectivity index (χ4v) is 2.46. The number of carbonyl (C=O) groups excluding carboxylic acids is 2. The van der Waals surface area contributed by atoms with E-state index in [-0.39, 0.29) is 17.8 Å². The molecule has 0 bridgehead atoms. The van der Waals surface area contributed by atoms with E-state index in [1.165, 1.54) is 0 Å². The lowest BCUT2D eigenvalue weighted by Gasteiger charge is -2.23. The lowest BCUT2D eigenvalue weighted by atomic mass is 9.85. The minimum atomic E-state index is -0.132. The maximum absolute atomic E-state index is 11.8. The minimum Gasteiger partial charge on any atom is -0.465 e. The van der Waals surface area contributed by atoms with Gasteiger partial charge in [-0.2, -0.15) is 0 Å². The molecule has 22 heavy (non-hydrogen) atoms. The number of hydrogen-bond donors (Lipinski definition) is 0. The van der Waals surface area contributed by atoms with Crippen LogP contribution in [0.25, 0.3) is 0 Å². The van der Waals surface area contributed by atoms with Crippen LogP contribution >= 0.6 is 0 Å². The highest BCUT2D eigenvalue weighted by molar-refractivity contribution is 5.69. The number of rotatable bonds is 13. The molecule has 0 aromatic heterocycles. The Morgan fingerprint density at radius 1 is 1.14 bits per heavy atom. The van der Waals surface area contributed by atoms with Gasteiger partial charge in [-0.25, -0.2) is 0 Å². The number of nitrogens with zero attached hydrogens (tertiary/aromatic N) is 1. The number of allylic oxidation sites excluding steroid dienone is 2. The SMILES string of the molecule is CC/C=C\CC(COC(=O)CCCN(C)C)C(CC)CC=O. The highest BCUT2D eigenvalue weighted by atomic mass is 16.5. The lowest BCUT2D eigenvalue weighted by Crippen LogP contribution is -2.22. The summed E-state index contributed by atoms with van der Waals surface area (Å²) in [5, 5.41) is 0. The zero-order chi connectivity index (χ0) is 16.8. The van der Waals surface area contributed by atoms with Gasteiger partial charge in [-0.15, -0.1) is 0 Å². The summed E-state index contributed by atoms with van der Waals surface area (Å²) in [4.78, 5) is 24.7. The zero-order valence-corrected chi connectivity index (χ0v) is 14.7. The van der Waals surface area contributed by atoms with E-state index < -0.39 is 0 Å². The average Bonchev–Trinajstić information content (AvgIpc) is 2.48. The van der Waals surface area contributed by atoms with Gasteiger partial charge in [0, 0.05) is 12.8 Å². The summed E-state index contributed by atoms with van der Waals surface area (Å²) in [6.45, 7) is 5.49. The number of hydrogen-bond acceptors (Lipinski definition) is 4. The van der Waals surface area contributed by atoms with Crippen molar-refractivity contribution in [3.8, 4) is 0 Å². The van der Waals surface area contributed by atoms with E-state index in [1.54, 1.807) is 0 Å². The lowest BCUT2D eigenvalue weighted by molar-refractivity contribution is -0.145. The smallest absolute Gasteiger partial charge is 0.305 e. The topological polar surface area (TPSA) is 46.6 Å². The molecule has 128 valence electrons. The molecule has 0 amide bonds. The van der Waals surface area contributed by atoms with Crippen LogP contribution in [0.4, 0.5) is 0 Å². The Bertz CT molecular complexity index is 326.